The summed E-state index contributed by atoms with van der Waals surface area (Å²) in [5.41, 5.74) is 2.48. The second kappa shape index (κ2) is 6.30. The number of rotatable bonds is 3. The van der Waals surface area contributed by atoms with Gasteiger partial charge in [0.05, 0.1) is 15.7 Å². The molecule has 0 aromatic heterocycles. The highest BCUT2D eigenvalue weighted by Gasteiger charge is 2.17. The van der Waals surface area contributed by atoms with Gasteiger partial charge in [-0.05, 0) is 24.3 Å². The van der Waals surface area contributed by atoms with Gasteiger partial charge >= 0.3 is 0 Å². The summed E-state index contributed by atoms with van der Waals surface area (Å²) in [5, 5.41) is 10.6. The van der Waals surface area contributed by atoms with Crippen LogP contribution < -0.4 is 4.90 Å². The summed E-state index contributed by atoms with van der Waals surface area (Å²) in [6, 6.07) is 22.6. The topological polar surface area (TPSA) is 23.5 Å². The van der Waals surface area contributed by atoms with Crippen molar-refractivity contribution in [1.82, 2.24) is 0 Å². The van der Waals surface area contributed by atoms with Gasteiger partial charge in [-0.2, -0.15) is 0 Å². The van der Waals surface area contributed by atoms with Crippen molar-refractivity contribution in [3.63, 3.8) is 0 Å². The van der Waals surface area contributed by atoms with Crippen LogP contribution in [0.15, 0.2) is 72.8 Å². The highest BCUT2D eigenvalue weighted by atomic mass is 35.5. The molecule has 22 heavy (non-hydrogen) atoms. The van der Waals surface area contributed by atoms with Gasteiger partial charge in [-0.15, -0.1) is 0 Å². The number of hydrogen-bond acceptors (Lipinski definition) is 2. The molecule has 3 aromatic carbocycles. The largest absolute Gasteiger partial charge is 0.508 e. The summed E-state index contributed by atoms with van der Waals surface area (Å²) >= 11 is 12.5. The van der Waals surface area contributed by atoms with E-state index < -0.39 is 0 Å². The van der Waals surface area contributed by atoms with Crippen LogP contribution in [0.25, 0.3) is 0 Å². The summed E-state index contributed by atoms with van der Waals surface area (Å²) in [7, 11) is 0. The van der Waals surface area contributed by atoms with E-state index in [1.165, 1.54) is 6.07 Å². The Morgan fingerprint density at radius 1 is 0.727 bits per heavy atom. The minimum absolute atomic E-state index is 0.0706. The van der Waals surface area contributed by atoms with Crippen molar-refractivity contribution in [2.75, 3.05) is 4.90 Å². The van der Waals surface area contributed by atoms with Crippen LogP contribution in [0.3, 0.4) is 0 Å². The lowest BCUT2D eigenvalue weighted by molar-refractivity contribution is 0.475. The third kappa shape index (κ3) is 2.89. The molecular formula is C18H13Cl2NO. The number of nitrogens with zero attached hydrogens (tertiary/aromatic N) is 1. The van der Waals surface area contributed by atoms with Crippen molar-refractivity contribution < 1.29 is 5.11 Å². The number of aromatic hydroxyl groups is 1. The smallest absolute Gasteiger partial charge is 0.119 e. The van der Waals surface area contributed by atoms with Crippen LogP contribution in [0.4, 0.5) is 17.1 Å². The van der Waals surface area contributed by atoms with E-state index in [-0.39, 0.29) is 5.75 Å². The monoisotopic (exact) mass is 329 g/mol. The van der Waals surface area contributed by atoms with E-state index in [4.69, 9.17) is 23.2 Å². The van der Waals surface area contributed by atoms with E-state index in [1.807, 2.05) is 65.6 Å². The molecule has 0 heterocycles. The zero-order valence-corrected chi connectivity index (χ0v) is 13.1. The number of hydrogen-bond donors (Lipinski definition) is 1. The molecule has 0 spiro atoms. The molecule has 0 aliphatic heterocycles. The minimum Gasteiger partial charge on any atom is -0.508 e. The number of benzene rings is 3. The number of phenols is 1. The Bertz CT molecular complexity index is 736. The molecule has 3 rings (SSSR count). The Morgan fingerprint density at radius 2 is 1.23 bits per heavy atom. The summed E-state index contributed by atoms with van der Waals surface area (Å²) in [6.07, 6.45) is 0. The standard InChI is InChI=1S/C18H13Cl2NO/c19-16-11-15(22)12-17(18(16)20)21(13-7-3-1-4-8-13)14-9-5-2-6-10-14/h1-12,22H. The summed E-state index contributed by atoms with van der Waals surface area (Å²) in [4.78, 5) is 1.95. The normalized spacial score (nSPS) is 10.5. The maximum Gasteiger partial charge on any atom is 0.119 e. The van der Waals surface area contributed by atoms with Gasteiger partial charge in [0.25, 0.3) is 0 Å². The zero-order chi connectivity index (χ0) is 15.5. The average Bonchev–Trinajstić information content (AvgIpc) is 2.54. The Hall–Kier alpha value is -2.16. The van der Waals surface area contributed by atoms with Crippen molar-refractivity contribution in [3.8, 4) is 5.75 Å². The second-order valence-electron chi connectivity index (χ2n) is 4.77. The van der Waals surface area contributed by atoms with Gasteiger partial charge in [-0.3, -0.25) is 0 Å². The van der Waals surface area contributed by atoms with Gasteiger partial charge < -0.3 is 10.0 Å². The van der Waals surface area contributed by atoms with E-state index in [2.05, 4.69) is 0 Å². The van der Waals surface area contributed by atoms with Crippen LogP contribution in [0.2, 0.25) is 10.0 Å². The van der Waals surface area contributed by atoms with Gasteiger partial charge in [0.1, 0.15) is 5.75 Å². The van der Waals surface area contributed by atoms with Gasteiger partial charge in [-0.1, -0.05) is 59.6 Å². The predicted octanol–water partition coefficient (Wildman–Crippen LogP) is 6.17. The fourth-order valence-electron chi connectivity index (χ4n) is 2.30. The van der Waals surface area contributed by atoms with Crippen LogP contribution in [-0.2, 0) is 0 Å². The second-order valence-corrected chi connectivity index (χ2v) is 5.55. The first kappa shape index (κ1) is 14.8. The molecule has 2 nitrogen and oxygen atoms in total. The van der Waals surface area contributed by atoms with Crippen molar-refractivity contribution in [2.24, 2.45) is 0 Å². The molecule has 110 valence electrons. The number of halogens is 2. The van der Waals surface area contributed by atoms with Gasteiger partial charge in [0.15, 0.2) is 0 Å². The van der Waals surface area contributed by atoms with Gasteiger partial charge in [-0.25, -0.2) is 0 Å². The molecule has 0 bridgehead atoms. The highest BCUT2D eigenvalue weighted by molar-refractivity contribution is 6.44. The fourth-order valence-corrected chi connectivity index (χ4v) is 2.71. The first-order valence-electron chi connectivity index (χ1n) is 6.75. The van der Waals surface area contributed by atoms with E-state index in [0.717, 1.165) is 11.4 Å². The maximum atomic E-state index is 9.89. The molecular weight excluding hydrogens is 317 g/mol. The van der Waals surface area contributed by atoms with Crippen LogP contribution >= 0.6 is 23.2 Å². The number of phenolic OH excluding ortho intramolecular Hbond substituents is 1. The molecule has 0 saturated carbocycles. The quantitative estimate of drug-likeness (QED) is 0.621. The van der Waals surface area contributed by atoms with Crippen LogP contribution in [0.5, 0.6) is 5.75 Å². The molecule has 0 atom stereocenters. The Morgan fingerprint density at radius 3 is 1.73 bits per heavy atom. The van der Waals surface area contributed by atoms with Crippen molar-refractivity contribution >= 4 is 40.3 Å². The highest BCUT2D eigenvalue weighted by Crippen LogP contribution is 2.43. The maximum absolute atomic E-state index is 9.89. The molecule has 0 saturated heterocycles. The molecule has 0 fully saturated rings. The Labute approximate surface area is 139 Å². The van der Waals surface area contributed by atoms with Crippen molar-refractivity contribution in [3.05, 3.63) is 82.8 Å². The third-order valence-electron chi connectivity index (χ3n) is 3.26. The average molecular weight is 330 g/mol. The lowest BCUT2D eigenvalue weighted by Gasteiger charge is -2.26. The molecule has 0 aliphatic carbocycles. The third-order valence-corrected chi connectivity index (χ3v) is 4.06. The van der Waals surface area contributed by atoms with Gasteiger partial charge in [0, 0.05) is 23.5 Å². The molecule has 3 aromatic rings. The first-order valence-corrected chi connectivity index (χ1v) is 7.50. The molecule has 1 N–H and O–H groups in total. The van der Waals surface area contributed by atoms with Crippen LogP contribution in [0.1, 0.15) is 0 Å². The van der Waals surface area contributed by atoms with Gasteiger partial charge in [0.2, 0.25) is 0 Å². The number of anilines is 3. The van der Waals surface area contributed by atoms with Crippen LogP contribution in [0, 0.1) is 0 Å². The lowest BCUT2D eigenvalue weighted by atomic mass is 10.2. The molecule has 4 heteroatoms. The number of para-hydroxylation sites is 2. The van der Waals surface area contributed by atoms with E-state index >= 15 is 0 Å². The van der Waals surface area contributed by atoms with E-state index in [1.54, 1.807) is 6.07 Å². The minimum atomic E-state index is 0.0706. The lowest BCUT2D eigenvalue weighted by Crippen LogP contribution is -2.10. The summed E-state index contributed by atoms with van der Waals surface area (Å²) in [5.74, 6) is 0.0706. The van der Waals surface area contributed by atoms with Crippen LogP contribution in [-0.4, -0.2) is 5.11 Å². The van der Waals surface area contributed by atoms with Crippen molar-refractivity contribution in [1.29, 1.82) is 0 Å². The fraction of sp³-hybridized carbons (Fsp3) is 0. The van der Waals surface area contributed by atoms with E-state index in [0.29, 0.717) is 15.7 Å². The van der Waals surface area contributed by atoms with Crippen molar-refractivity contribution in [2.45, 2.75) is 0 Å². The SMILES string of the molecule is Oc1cc(Cl)c(Cl)c(N(c2ccccc2)c2ccccc2)c1. The summed E-state index contributed by atoms with van der Waals surface area (Å²) < 4.78 is 0. The molecule has 0 amide bonds. The Kier molecular flexibility index (Phi) is 4.23. The first-order chi connectivity index (χ1) is 10.7. The zero-order valence-electron chi connectivity index (χ0n) is 11.6. The Balaban J connectivity index is 2.23. The predicted molar refractivity (Wildman–Crippen MR) is 92.8 cm³/mol. The van der Waals surface area contributed by atoms with E-state index in [9.17, 15) is 5.11 Å². The summed E-state index contributed by atoms with van der Waals surface area (Å²) in [6.45, 7) is 0. The molecule has 0 unspecified atom stereocenters. The molecule has 0 aliphatic rings. The molecule has 0 radical (unpaired) electrons.